The van der Waals surface area contributed by atoms with Gasteiger partial charge in [-0.1, -0.05) is 13.8 Å². The zero-order valence-corrected chi connectivity index (χ0v) is 19.1. The molecule has 0 saturated carbocycles. The highest BCUT2D eigenvalue weighted by Gasteiger charge is 2.53. The Hall–Kier alpha value is -2.99. The number of ether oxygens (including phenoxy) is 5. The molecule has 0 aromatic heterocycles. The normalized spacial score (nSPS) is 25.4. The van der Waals surface area contributed by atoms with Gasteiger partial charge in [-0.3, -0.25) is 4.79 Å². The van der Waals surface area contributed by atoms with Crippen LogP contribution in [0.1, 0.15) is 49.5 Å². The third kappa shape index (κ3) is 3.16. The Bertz CT molecular complexity index is 1110. The molecule has 2 heterocycles. The van der Waals surface area contributed by atoms with E-state index >= 15 is 0 Å². The molecule has 32 heavy (non-hydrogen) atoms. The summed E-state index contributed by atoms with van der Waals surface area (Å²) in [4.78, 5) is 13.3. The van der Waals surface area contributed by atoms with Crippen LogP contribution in [-0.4, -0.2) is 27.1 Å². The zero-order valence-electron chi connectivity index (χ0n) is 19.1. The summed E-state index contributed by atoms with van der Waals surface area (Å²) in [6.07, 6.45) is 1.12. The molecule has 2 atom stereocenters. The fourth-order valence-electron chi connectivity index (χ4n) is 5.09. The molecule has 2 aromatic rings. The van der Waals surface area contributed by atoms with Crippen molar-refractivity contribution >= 4 is 5.78 Å². The van der Waals surface area contributed by atoms with Crippen LogP contribution in [0.5, 0.6) is 17.2 Å². The van der Waals surface area contributed by atoms with Crippen LogP contribution < -0.4 is 14.2 Å². The van der Waals surface area contributed by atoms with E-state index in [9.17, 15) is 4.79 Å². The molecule has 2 bridgehead atoms. The summed E-state index contributed by atoms with van der Waals surface area (Å²) in [5.74, 6) is 1.79. The van der Waals surface area contributed by atoms with Gasteiger partial charge in [0.2, 0.25) is 5.79 Å². The Morgan fingerprint density at radius 3 is 2.25 bits per heavy atom. The second-order valence-corrected chi connectivity index (χ2v) is 9.44. The Kier molecular flexibility index (Phi) is 4.75. The van der Waals surface area contributed by atoms with Gasteiger partial charge in [-0.25, -0.2) is 0 Å². The van der Waals surface area contributed by atoms with Crippen molar-refractivity contribution in [3.63, 3.8) is 0 Å². The van der Waals surface area contributed by atoms with E-state index in [4.69, 9.17) is 23.7 Å². The van der Waals surface area contributed by atoms with Crippen molar-refractivity contribution in [1.82, 2.24) is 0 Å². The molecule has 0 unspecified atom stereocenters. The van der Waals surface area contributed by atoms with Gasteiger partial charge in [0.25, 0.3) is 0 Å². The van der Waals surface area contributed by atoms with Crippen LogP contribution >= 0.6 is 0 Å². The molecule has 3 aliphatic rings. The van der Waals surface area contributed by atoms with E-state index in [0.717, 1.165) is 28.2 Å². The second-order valence-electron chi connectivity index (χ2n) is 9.44. The number of hydrogen-bond donors (Lipinski definition) is 0. The Morgan fingerprint density at radius 1 is 0.906 bits per heavy atom. The Labute approximate surface area is 188 Å². The van der Waals surface area contributed by atoms with Gasteiger partial charge < -0.3 is 23.7 Å². The first-order valence-corrected chi connectivity index (χ1v) is 10.8. The number of rotatable bonds is 4. The maximum atomic E-state index is 13.3. The van der Waals surface area contributed by atoms with Crippen LogP contribution in [-0.2, 0) is 26.5 Å². The first-order chi connectivity index (χ1) is 15.3. The fourth-order valence-corrected chi connectivity index (χ4v) is 5.09. The molecule has 0 saturated heterocycles. The standard InChI is InChI=1S/C26H28O6/c1-25(2)13-19(27)23-22(14-25)31-26(16-6-8-17(28-3)9-7-16)12-15-10-20(29-4)21(30-5)11-18(15)24(23)32-26/h6-11,24H,12-14H2,1-5H3/t24-,26-/m0/s1. The third-order valence-electron chi connectivity index (χ3n) is 6.62. The zero-order chi connectivity index (χ0) is 22.7. The maximum absolute atomic E-state index is 13.3. The summed E-state index contributed by atoms with van der Waals surface area (Å²) in [7, 11) is 4.87. The second kappa shape index (κ2) is 7.27. The molecule has 6 heteroatoms. The number of methoxy groups -OCH3 is 3. The van der Waals surface area contributed by atoms with Crippen molar-refractivity contribution in [3.05, 3.63) is 64.4 Å². The molecular weight excluding hydrogens is 408 g/mol. The summed E-state index contributed by atoms with van der Waals surface area (Å²) < 4.78 is 29.7. The monoisotopic (exact) mass is 436 g/mol. The summed E-state index contributed by atoms with van der Waals surface area (Å²) in [5.41, 5.74) is 3.28. The number of fused-ring (bicyclic) bond motifs is 5. The van der Waals surface area contributed by atoms with Crippen molar-refractivity contribution in [1.29, 1.82) is 0 Å². The molecule has 0 amide bonds. The highest BCUT2D eigenvalue weighted by atomic mass is 16.7. The van der Waals surface area contributed by atoms with Crippen LogP contribution in [0.15, 0.2) is 47.7 Å². The molecule has 2 aromatic carbocycles. The van der Waals surface area contributed by atoms with Crippen LogP contribution in [0.3, 0.4) is 0 Å². The first kappa shape index (κ1) is 20.9. The molecular formula is C26H28O6. The predicted octanol–water partition coefficient (Wildman–Crippen LogP) is 4.85. The molecule has 168 valence electrons. The Morgan fingerprint density at radius 2 is 1.59 bits per heavy atom. The van der Waals surface area contributed by atoms with E-state index in [0.29, 0.717) is 36.3 Å². The fraction of sp³-hybridized carbons (Fsp3) is 0.423. The maximum Gasteiger partial charge on any atom is 0.241 e. The highest BCUT2D eigenvalue weighted by molar-refractivity contribution is 5.98. The van der Waals surface area contributed by atoms with Gasteiger partial charge in [0, 0.05) is 24.8 Å². The predicted molar refractivity (Wildman–Crippen MR) is 118 cm³/mol. The minimum absolute atomic E-state index is 0.0761. The molecule has 1 aliphatic carbocycles. The van der Waals surface area contributed by atoms with Crippen molar-refractivity contribution in [2.24, 2.45) is 5.41 Å². The van der Waals surface area contributed by atoms with E-state index in [1.807, 2.05) is 36.4 Å². The lowest BCUT2D eigenvalue weighted by atomic mass is 9.72. The summed E-state index contributed by atoms with van der Waals surface area (Å²) >= 11 is 0. The topological polar surface area (TPSA) is 63.2 Å². The van der Waals surface area contributed by atoms with E-state index < -0.39 is 11.9 Å². The summed E-state index contributed by atoms with van der Waals surface area (Å²) in [6, 6.07) is 11.6. The van der Waals surface area contributed by atoms with Crippen molar-refractivity contribution < 1.29 is 28.5 Å². The van der Waals surface area contributed by atoms with E-state index in [1.54, 1.807) is 21.3 Å². The first-order valence-electron chi connectivity index (χ1n) is 10.8. The number of hydrogen-bond acceptors (Lipinski definition) is 6. The lowest BCUT2D eigenvalue weighted by Gasteiger charge is -2.50. The number of ketones is 1. The smallest absolute Gasteiger partial charge is 0.241 e. The van der Waals surface area contributed by atoms with E-state index in [1.165, 1.54) is 0 Å². The Balaban J connectivity index is 1.71. The third-order valence-corrected chi connectivity index (χ3v) is 6.62. The molecule has 0 fully saturated rings. The quantitative estimate of drug-likeness (QED) is 0.683. The van der Waals surface area contributed by atoms with Gasteiger partial charge in [0.1, 0.15) is 17.6 Å². The van der Waals surface area contributed by atoms with Crippen LogP contribution in [0.2, 0.25) is 0 Å². The average molecular weight is 437 g/mol. The van der Waals surface area contributed by atoms with Gasteiger partial charge >= 0.3 is 0 Å². The van der Waals surface area contributed by atoms with Gasteiger partial charge in [-0.05, 0) is 52.9 Å². The van der Waals surface area contributed by atoms with Gasteiger partial charge in [0.05, 0.1) is 26.9 Å². The minimum atomic E-state index is -1.03. The van der Waals surface area contributed by atoms with Crippen LogP contribution in [0, 0.1) is 5.41 Å². The van der Waals surface area contributed by atoms with Gasteiger partial charge in [-0.2, -0.15) is 0 Å². The largest absolute Gasteiger partial charge is 0.497 e. The van der Waals surface area contributed by atoms with E-state index in [-0.39, 0.29) is 11.2 Å². The lowest BCUT2D eigenvalue weighted by Crippen LogP contribution is -2.47. The van der Waals surface area contributed by atoms with Crippen LogP contribution in [0.4, 0.5) is 0 Å². The molecule has 2 aliphatic heterocycles. The number of carbonyl (C=O) groups excluding carboxylic acids is 1. The number of Topliss-reactive ketones (excluding diaryl/α,β-unsaturated/α-hetero) is 1. The minimum Gasteiger partial charge on any atom is -0.497 e. The molecule has 0 spiro atoms. The molecule has 6 nitrogen and oxygen atoms in total. The lowest BCUT2D eigenvalue weighted by molar-refractivity contribution is -0.272. The van der Waals surface area contributed by atoms with Crippen LogP contribution in [0.25, 0.3) is 0 Å². The highest BCUT2D eigenvalue weighted by Crippen LogP contribution is 2.56. The number of carbonyl (C=O) groups is 1. The SMILES string of the molecule is COc1ccc([C@]23Cc4cc(OC)c(OC)cc4[C@H](O2)C2=C(CC(C)(C)CC2=O)O3)cc1. The molecule has 5 rings (SSSR count). The summed E-state index contributed by atoms with van der Waals surface area (Å²) in [6.45, 7) is 4.20. The molecule has 0 N–H and O–H groups in total. The average Bonchev–Trinajstić information content (AvgIpc) is 2.77. The van der Waals surface area contributed by atoms with Gasteiger partial charge in [0.15, 0.2) is 17.3 Å². The number of allylic oxidation sites excluding steroid dienone is 1. The van der Waals surface area contributed by atoms with Crippen molar-refractivity contribution in [2.45, 2.75) is 45.0 Å². The number of benzene rings is 2. The van der Waals surface area contributed by atoms with Crippen molar-refractivity contribution in [2.75, 3.05) is 21.3 Å². The van der Waals surface area contributed by atoms with Gasteiger partial charge in [-0.15, -0.1) is 0 Å². The summed E-state index contributed by atoms with van der Waals surface area (Å²) in [5, 5.41) is 0. The van der Waals surface area contributed by atoms with E-state index in [2.05, 4.69) is 13.8 Å². The van der Waals surface area contributed by atoms with Crippen molar-refractivity contribution in [3.8, 4) is 17.2 Å². The molecule has 0 radical (unpaired) electrons.